The Morgan fingerprint density at radius 1 is 1.09 bits per heavy atom. The van der Waals surface area contributed by atoms with Gasteiger partial charge in [0.2, 0.25) is 0 Å². The van der Waals surface area contributed by atoms with Crippen LogP contribution in [0.5, 0.6) is 17.2 Å². The molecule has 2 heterocycles. The summed E-state index contributed by atoms with van der Waals surface area (Å²) in [7, 11) is 0. The minimum absolute atomic E-state index is 0.0995. The fourth-order valence-corrected chi connectivity index (χ4v) is 4.49. The van der Waals surface area contributed by atoms with E-state index in [0.717, 1.165) is 37.0 Å². The molecule has 0 saturated carbocycles. The summed E-state index contributed by atoms with van der Waals surface area (Å²) >= 11 is 6.53. The number of benzene rings is 2. The van der Waals surface area contributed by atoms with Crippen LogP contribution in [0.1, 0.15) is 38.7 Å². The van der Waals surface area contributed by atoms with E-state index in [-0.39, 0.29) is 12.6 Å². The predicted molar refractivity (Wildman–Crippen MR) is 137 cm³/mol. The van der Waals surface area contributed by atoms with Crippen molar-refractivity contribution in [1.29, 1.82) is 0 Å². The van der Waals surface area contributed by atoms with Gasteiger partial charge in [0.25, 0.3) is 6.01 Å². The molecule has 9 heteroatoms. The maximum atomic E-state index is 8.99. The molecule has 0 spiro atoms. The van der Waals surface area contributed by atoms with Crippen molar-refractivity contribution in [3.63, 3.8) is 0 Å². The van der Waals surface area contributed by atoms with Crippen LogP contribution in [0.4, 0.5) is 6.01 Å². The number of hydrogen-bond donors (Lipinski definition) is 2. The third-order valence-electron chi connectivity index (χ3n) is 5.93. The Balaban J connectivity index is 1.66. The van der Waals surface area contributed by atoms with Crippen molar-refractivity contribution in [2.45, 2.75) is 45.7 Å². The molecule has 1 aliphatic rings. The number of nitrogens with one attached hydrogen (secondary N) is 1. The molecule has 0 unspecified atom stereocenters. The van der Waals surface area contributed by atoms with Crippen LogP contribution in [0, 0.1) is 0 Å². The number of piperidine rings is 1. The molecular formula is C26H34ClN3O5. The number of aromatic nitrogens is 1. The number of anilines is 1. The Morgan fingerprint density at radius 2 is 1.80 bits per heavy atom. The van der Waals surface area contributed by atoms with Crippen molar-refractivity contribution in [1.82, 2.24) is 10.3 Å². The van der Waals surface area contributed by atoms with E-state index in [4.69, 9.17) is 40.3 Å². The summed E-state index contributed by atoms with van der Waals surface area (Å²) in [6.07, 6.45) is 2.55. The zero-order chi connectivity index (χ0) is 24.6. The van der Waals surface area contributed by atoms with Gasteiger partial charge in [-0.15, -0.1) is 0 Å². The van der Waals surface area contributed by atoms with Crippen LogP contribution >= 0.6 is 11.6 Å². The first-order chi connectivity index (χ1) is 17.1. The lowest BCUT2D eigenvalue weighted by atomic mass is 10.0. The Hall–Kier alpha value is -2.68. The second-order valence-corrected chi connectivity index (χ2v) is 8.81. The highest BCUT2D eigenvalue weighted by Crippen LogP contribution is 2.37. The van der Waals surface area contributed by atoms with E-state index in [1.807, 2.05) is 44.2 Å². The predicted octanol–water partition coefficient (Wildman–Crippen LogP) is 4.80. The van der Waals surface area contributed by atoms with Gasteiger partial charge >= 0.3 is 0 Å². The number of aliphatic hydroxyl groups is 1. The van der Waals surface area contributed by atoms with Crippen LogP contribution in [0.3, 0.4) is 0 Å². The smallest absolute Gasteiger partial charge is 0.298 e. The Labute approximate surface area is 211 Å². The SMILES string of the molecule is CCOc1cc(CN(c2nc3cc(OCCCO)ccc3o2)C2CCNCC2)cc(OCC)c1Cl. The number of oxazole rings is 1. The molecule has 0 atom stereocenters. The molecule has 2 aromatic carbocycles. The van der Waals surface area contributed by atoms with Gasteiger partial charge < -0.3 is 34.0 Å². The van der Waals surface area contributed by atoms with E-state index in [2.05, 4.69) is 10.2 Å². The molecule has 1 aliphatic heterocycles. The lowest BCUT2D eigenvalue weighted by Crippen LogP contribution is -2.43. The monoisotopic (exact) mass is 503 g/mol. The molecule has 0 radical (unpaired) electrons. The highest BCUT2D eigenvalue weighted by atomic mass is 35.5. The topological polar surface area (TPSA) is 89.2 Å². The van der Waals surface area contributed by atoms with Gasteiger partial charge in [0.1, 0.15) is 27.8 Å². The van der Waals surface area contributed by atoms with Crippen molar-refractivity contribution >= 4 is 28.7 Å². The van der Waals surface area contributed by atoms with Crippen molar-refractivity contribution < 1.29 is 23.7 Å². The second-order valence-electron chi connectivity index (χ2n) is 8.43. The van der Waals surface area contributed by atoms with Gasteiger partial charge in [0, 0.05) is 31.7 Å². The van der Waals surface area contributed by atoms with Gasteiger partial charge in [-0.3, -0.25) is 0 Å². The van der Waals surface area contributed by atoms with E-state index < -0.39 is 0 Å². The molecule has 1 fully saturated rings. The summed E-state index contributed by atoms with van der Waals surface area (Å²) < 4.78 is 23.5. The number of fused-ring (bicyclic) bond motifs is 1. The molecule has 1 saturated heterocycles. The molecule has 8 nitrogen and oxygen atoms in total. The quantitative estimate of drug-likeness (QED) is 0.341. The number of aliphatic hydroxyl groups excluding tert-OH is 1. The van der Waals surface area contributed by atoms with E-state index >= 15 is 0 Å². The normalized spacial score (nSPS) is 14.3. The van der Waals surface area contributed by atoms with Crippen LogP contribution < -0.4 is 24.4 Å². The standard InChI is InChI=1S/C26H34ClN3O5/c1-3-32-23-14-18(15-24(25(23)27)33-4-2)17-30(19-8-10-28-11-9-19)26-29-21-16-20(34-13-5-12-31)6-7-22(21)35-26/h6-7,14-16,19,28,31H,3-5,8-13,17H2,1-2H3. The average Bonchev–Trinajstić information content (AvgIpc) is 3.29. The van der Waals surface area contributed by atoms with E-state index in [1.54, 1.807) is 0 Å². The molecule has 3 aromatic rings. The van der Waals surface area contributed by atoms with Gasteiger partial charge in [0.05, 0.1) is 19.8 Å². The summed E-state index contributed by atoms with van der Waals surface area (Å²) in [4.78, 5) is 7.05. The van der Waals surface area contributed by atoms with Crippen molar-refractivity contribution in [2.75, 3.05) is 44.4 Å². The fraction of sp³-hybridized carbons (Fsp3) is 0.500. The molecule has 0 aliphatic carbocycles. The minimum Gasteiger partial charge on any atom is -0.493 e. The van der Waals surface area contributed by atoms with Crippen molar-refractivity contribution in [2.24, 2.45) is 0 Å². The molecule has 190 valence electrons. The highest BCUT2D eigenvalue weighted by Gasteiger charge is 2.26. The van der Waals surface area contributed by atoms with Gasteiger partial charge in [0.15, 0.2) is 5.58 Å². The first-order valence-corrected chi connectivity index (χ1v) is 12.7. The molecule has 0 bridgehead atoms. The average molecular weight is 504 g/mol. The summed E-state index contributed by atoms with van der Waals surface area (Å²) in [5.74, 6) is 1.94. The van der Waals surface area contributed by atoms with E-state index in [9.17, 15) is 0 Å². The summed E-state index contributed by atoms with van der Waals surface area (Å²) in [6.45, 7) is 7.92. The zero-order valence-corrected chi connectivity index (χ0v) is 21.1. The first-order valence-electron chi connectivity index (χ1n) is 12.3. The number of halogens is 1. The van der Waals surface area contributed by atoms with Crippen molar-refractivity contribution in [3.05, 3.63) is 40.9 Å². The van der Waals surface area contributed by atoms with Crippen LogP contribution in [0.25, 0.3) is 11.1 Å². The van der Waals surface area contributed by atoms with E-state index in [1.165, 1.54) is 0 Å². The lowest BCUT2D eigenvalue weighted by molar-refractivity contribution is 0.233. The van der Waals surface area contributed by atoms with Gasteiger partial charge in [-0.2, -0.15) is 4.98 Å². The molecule has 2 N–H and O–H groups in total. The fourth-order valence-electron chi connectivity index (χ4n) is 4.27. The summed E-state index contributed by atoms with van der Waals surface area (Å²) in [5.41, 5.74) is 2.45. The molecule has 4 rings (SSSR count). The molecule has 1 aromatic heterocycles. The highest BCUT2D eigenvalue weighted by molar-refractivity contribution is 6.33. The number of ether oxygens (including phenoxy) is 3. The molecular weight excluding hydrogens is 470 g/mol. The van der Waals surface area contributed by atoms with Crippen LogP contribution in [0.15, 0.2) is 34.7 Å². The Bertz CT molecular complexity index is 1070. The van der Waals surface area contributed by atoms with Gasteiger partial charge in [-0.05, 0) is 69.6 Å². The molecule has 35 heavy (non-hydrogen) atoms. The maximum absolute atomic E-state index is 8.99. The van der Waals surface area contributed by atoms with E-state index in [0.29, 0.717) is 66.7 Å². The number of hydrogen-bond acceptors (Lipinski definition) is 8. The zero-order valence-electron chi connectivity index (χ0n) is 20.4. The number of rotatable bonds is 12. The third-order valence-corrected chi connectivity index (χ3v) is 6.30. The Morgan fingerprint density at radius 3 is 2.46 bits per heavy atom. The largest absolute Gasteiger partial charge is 0.493 e. The summed E-state index contributed by atoms with van der Waals surface area (Å²) in [5, 5.41) is 12.9. The molecule has 0 amide bonds. The Kier molecular flexibility index (Phi) is 8.95. The number of nitrogens with zero attached hydrogens (tertiary/aromatic N) is 2. The maximum Gasteiger partial charge on any atom is 0.298 e. The minimum atomic E-state index is 0.0995. The van der Waals surface area contributed by atoms with Gasteiger partial charge in [-0.1, -0.05) is 11.6 Å². The lowest BCUT2D eigenvalue weighted by Gasteiger charge is -2.33. The van der Waals surface area contributed by atoms with Crippen LogP contribution in [0.2, 0.25) is 5.02 Å². The van der Waals surface area contributed by atoms with Crippen molar-refractivity contribution in [3.8, 4) is 17.2 Å². The second kappa shape index (κ2) is 12.3. The first kappa shape index (κ1) is 25.4. The third kappa shape index (κ3) is 6.31. The van der Waals surface area contributed by atoms with Gasteiger partial charge in [-0.25, -0.2) is 0 Å². The summed E-state index contributed by atoms with van der Waals surface area (Å²) in [6, 6.07) is 10.4. The van der Waals surface area contributed by atoms with Crippen LogP contribution in [-0.2, 0) is 6.54 Å². The van der Waals surface area contributed by atoms with Crippen LogP contribution in [-0.4, -0.2) is 55.6 Å².